The van der Waals surface area contributed by atoms with Crippen molar-refractivity contribution < 1.29 is 24.4 Å². The van der Waals surface area contributed by atoms with E-state index >= 15 is 0 Å². The zero-order chi connectivity index (χ0) is 19.1. The Hall–Kier alpha value is -0.640. The molecule has 1 aliphatic heterocycles. The fraction of sp³-hybridized carbons (Fsp3) is 0.909. The Labute approximate surface area is 162 Å². The van der Waals surface area contributed by atoms with E-state index in [1.807, 2.05) is 0 Å². The summed E-state index contributed by atoms with van der Waals surface area (Å²) in [5, 5.41) is 21.3. The molecule has 5 nitrogen and oxygen atoms in total. The lowest BCUT2D eigenvalue weighted by atomic mass is 9.46. The van der Waals surface area contributed by atoms with Crippen molar-refractivity contribution in [2.75, 3.05) is 20.3 Å². The highest BCUT2D eigenvalue weighted by atomic mass is 16.8. The van der Waals surface area contributed by atoms with Gasteiger partial charge in [0.15, 0.2) is 0 Å². The van der Waals surface area contributed by atoms with Crippen LogP contribution in [0.15, 0.2) is 0 Å². The molecule has 0 amide bonds. The lowest BCUT2D eigenvalue weighted by Crippen LogP contribution is -2.80. The molecule has 152 valence electrons. The van der Waals surface area contributed by atoms with Crippen LogP contribution in [0, 0.1) is 35.5 Å². The van der Waals surface area contributed by atoms with E-state index in [0.29, 0.717) is 19.6 Å². The maximum Gasteiger partial charge on any atom is 0.201 e. The zero-order valence-corrected chi connectivity index (χ0v) is 16.7. The van der Waals surface area contributed by atoms with Gasteiger partial charge in [-0.05, 0) is 38.0 Å². The van der Waals surface area contributed by atoms with Gasteiger partial charge in [-0.3, -0.25) is 0 Å². The van der Waals surface area contributed by atoms with Gasteiger partial charge in [0.2, 0.25) is 5.79 Å². The molecule has 1 spiro atoms. The van der Waals surface area contributed by atoms with Crippen molar-refractivity contribution in [2.45, 2.75) is 81.9 Å². The molecule has 4 fully saturated rings. The van der Waals surface area contributed by atoms with E-state index in [1.165, 1.54) is 19.3 Å². The van der Waals surface area contributed by atoms with Crippen LogP contribution in [0.3, 0.4) is 0 Å². The summed E-state index contributed by atoms with van der Waals surface area (Å²) in [7, 11) is 1.73. The molecule has 0 bridgehead atoms. The molecule has 3 saturated carbocycles. The summed E-state index contributed by atoms with van der Waals surface area (Å²) in [6.45, 7) is 3.32. The first kappa shape index (κ1) is 19.7. The van der Waals surface area contributed by atoms with Crippen LogP contribution < -0.4 is 0 Å². The van der Waals surface area contributed by atoms with Crippen LogP contribution in [-0.4, -0.2) is 54.1 Å². The van der Waals surface area contributed by atoms with Gasteiger partial charge in [-0.25, -0.2) is 0 Å². The van der Waals surface area contributed by atoms with E-state index in [4.69, 9.17) is 14.2 Å². The number of hydrogen-bond acceptors (Lipinski definition) is 5. The number of fused-ring (bicyclic) bond motifs is 2. The van der Waals surface area contributed by atoms with E-state index in [0.717, 1.165) is 25.7 Å². The third-order valence-corrected chi connectivity index (χ3v) is 7.68. The summed E-state index contributed by atoms with van der Waals surface area (Å²) in [6.07, 6.45) is 6.88. The van der Waals surface area contributed by atoms with Crippen LogP contribution in [0.5, 0.6) is 0 Å². The standard InChI is InChI=1S/C22H34O5/c1-3-17-20-16(9-10-18(23)15-7-5-4-6-8-15)19(24)11-12-21(20,25-2)22(17)26-13-14-27-22/h15-20,23-24H,3-8,11-14H2,1-2H3/t16-,17?,18-,19+,20-,21+/m1/s1. The lowest BCUT2D eigenvalue weighted by Gasteiger charge is -2.68. The molecule has 1 heterocycles. The largest absolute Gasteiger partial charge is 0.392 e. The Morgan fingerprint density at radius 3 is 2.48 bits per heavy atom. The number of aliphatic hydroxyl groups is 2. The van der Waals surface area contributed by atoms with E-state index in [9.17, 15) is 10.2 Å². The van der Waals surface area contributed by atoms with Gasteiger partial charge in [-0.15, -0.1) is 0 Å². The average Bonchev–Trinajstić information content (AvgIpc) is 3.21. The maximum atomic E-state index is 10.7. The molecule has 4 rings (SSSR count). The molecule has 1 unspecified atom stereocenters. The van der Waals surface area contributed by atoms with Gasteiger partial charge in [0.1, 0.15) is 11.7 Å². The molecule has 0 aromatic rings. The van der Waals surface area contributed by atoms with E-state index in [1.54, 1.807) is 7.11 Å². The zero-order valence-electron chi connectivity index (χ0n) is 16.7. The fourth-order valence-corrected chi connectivity index (χ4v) is 6.40. The minimum absolute atomic E-state index is 0.0698. The van der Waals surface area contributed by atoms with Crippen LogP contribution in [-0.2, 0) is 14.2 Å². The molecule has 0 radical (unpaired) electrons. The summed E-state index contributed by atoms with van der Waals surface area (Å²) in [6, 6.07) is 0. The molecule has 3 aliphatic carbocycles. The second-order valence-corrected chi connectivity index (χ2v) is 8.76. The Bertz CT molecular complexity index is 583. The van der Waals surface area contributed by atoms with Crippen molar-refractivity contribution in [3.8, 4) is 11.8 Å². The summed E-state index contributed by atoms with van der Waals surface area (Å²) in [5.41, 5.74) is -0.543. The smallest absolute Gasteiger partial charge is 0.201 e. The highest BCUT2D eigenvalue weighted by Crippen LogP contribution is 2.66. The molecule has 6 atom stereocenters. The number of hydrogen-bond donors (Lipinski definition) is 2. The molecule has 0 aromatic carbocycles. The van der Waals surface area contributed by atoms with Gasteiger partial charge >= 0.3 is 0 Å². The highest BCUT2D eigenvalue weighted by Gasteiger charge is 2.78. The number of ether oxygens (including phenoxy) is 3. The van der Waals surface area contributed by atoms with Crippen LogP contribution in [0.25, 0.3) is 0 Å². The van der Waals surface area contributed by atoms with Crippen molar-refractivity contribution in [1.29, 1.82) is 0 Å². The summed E-state index contributed by atoms with van der Waals surface area (Å²) in [5.74, 6) is 6.00. The van der Waals surface area contributed by atoms with Crippen LogP contribution in [0.1, 0.15) is 58.3 Å². The molecule has 4 aliphatic rings. The van der Waals surface area contributed by atoms with Gasteiger partial charge in [0, 0.05) is 18.9 Å². The van der Waals surface area contributed by atoms with Crippen molar-refractivity contribution in [3.63, 3.8) is 0 Å². The Morgan fingerprint density at radius 1 is 1.15 bits per heavy atom. The Balaban J connectivity index is 1.58. The predicted octanol–water partition coefficient (Wildman–Crippen LogP) is 2.49. The van der Waals surface area contributed by atoms with Gasteiger partial charge in [0.05, 0.1) is 25.2 Å². The normalized spacial score (nSPS) is 42.1. The SMILES string of the molecule is CCC1[C@H]2[C@H](C#C[C@@H](O)C3CCCCC3)[C@@H](O)CC[C@@]2(OC)C12OCCO2. The second kappa shape index (κ2) is 7.65. The van der Waals surface area contributed by atoms with Crippen LogP contribution in [0.4, 0.5) is 0 Å². The monoisotopic (exact) mass is 378 g/mol. The molecule has 27 heavy (non-hydrogen) atoms. The van der Waals surface area contributed by atoms with Crippen LogP contribution >= 0.6 is 0 Å². The highest BCUT2D eigenvalue weighted by molar-refractivity contribution is 5.27. The first-order valence-electron chi connectivity index (χ1n) is 10.8. The Kier molecular flexibility index (Phi) is 5.57. The first-order valence-corrected chi connectivity index (χ1v) is 10.8. The summed E-state index contributed by atoms with van der Waals surface area (Å²) in [4.78, 5) is 0. The van der Waals surface area contributed by atoms with Crippen molar-refractivity contribution in [2.24, 2.45) is 23.7 Å². The topological polar surface area (TPSA) is 68.2 Å². The van der Waals surface area contributed by atoms with Crippen molar-refractivity contribution >= 4 is 0 Å². The van der Waals surface area contributed by atoms with Gasteiger partial charge in [-0.2, -0.15) is 0 Å². The Morgan fingerprint density at radius 2 is 1.85 bits per heavy atom. The van der Waals surface area contributed by atoms with E-state index in [-0.39, 0.29) is 23.7 Å². The molecule has 2 N–H and O–H groups in total. The minimum atomic E-state index is -0.691. The van der Waals surface area contributed by atoms with Gasteiger partial charge in [0.25, 0.3) is 0 Å². The third-order valence-electron chi connectivity index (χ3n) is 7.68. The summed E-state index contributed by atoms with van der Waals surface area (Å²) < 4.78 is 18.3. The minimum Gasteiger partial charge on any atom is -0.392 e. The van der Waals surface area contributed by atoms with E-state index in [2.05, 4.69) is 18.8 Å². The third kappa shape index (κ3) is 2.88. The van der Waals surface area contributed by atoms with Gasteiger partial charge < -0.3 is 24.4 Å². The first-order chi connectivity index (χ1) is 13.1. The molecule has 1 saturated heterocycles. The number of methoxy groups -OCH3 is 1. The number of aliphatic hydroxyl groups excluding tert-OH is 2. The lowest BCUT2D eigenvalue weighted by molar-refractivity contribution is -0.416. The molecular formula is C22H34O5. The molecular weight excluding hydrogens is 344 g/mol. The van der Waals surface area contributed by atoms with E-state index < -0.39 is 23.6 Å². The van der Waals surface area contributed by atoms with Gasteiger partial charge in [-0.1, -0.05) is 38.0 Å². The molecule has 5 heteroatoms. The molecule has 0 aromatic heterocycles. The van der Waals surface area contributed by atoms with Crippen molar-refractivity contribution in [3.05, 3.63) is 0 Å². The quantitative estimate of drug-likeness (QED) is 0.739. The fourth-order valence-electron chi connectivity index (χ4n) is 6.40. The van der Waals surface area contributed by atoms with Crippen molar-refractivity contribution in [1.82, 2.24) is 0 Å². The number of rotatable bonds is 3. The second-order valence-electron chi connectivity index (χ2n) is 8.76. The maximum absolute atomic E-state index is 10.7. The average molecular weight is 379 g/mol. The predicted molar refractivity (Wildman–Crippen MR) is 101 cm³/mol. The van der Waals surface area contributed by atoms with Crippen LogP contribution in [0.2, 0.25) is 0 Å². The summed E-state index contributed by atoms with van der Waals surface area (Å²) >= 11 is 0.